The average Bonchev–Trinajstić information content (AvgIpc) is 3.26. The molecule has 2 heterocycles. The molecule has 0 spiro atoms. The lowest BCUT2D eigenvalue weighted by molar-refractivity contribution is 0.102. The van der Waals surface area contributed by atoms with E-state index in [0.29, 0.717) is 21.4 Å². The molecule has 2 aromatic carbocycles. The number of rotatable bonds is 4. The van der Waals surface area contributed by atoms with Gasteiger partial charge in [0.2, 0.25) is 0 Å². The first-order valence-corrected chi connectivity index (χ1v) is 10.1. The fourth-order valence-electron chi connectivity index (χ4n) is 2.90. The van der Waals surface area contributed by atoms with Gasteiger partial charge < -0.3 is 10.1 Å². The van der Waals surface area contributed by atoms with Gasteiger partial charge in [-0.3, -0.25) is 4.79 Å². The van der Waals surface area contributed by atoms with Crippen molar-refractivity contribution in [1.82, 2.24) is 9.78 Å². The standard InChI is InChI=1S/C19H15Cl2N3O2S/c1-26-13-5-3-12(4-6-13)24-18(15-9-27-10-17(15)23-24)22-19(25)14-8-11(20)2-7-16(14)21/h2-8H,9-10H2,1H3,(H,22,25). The molecule has 5 nitrogen and oxygen atoms in total. The number of ether oxygens (including phenoxy) is 1. The molecule has 1 amide bonds. The van der Waals surface area contributed by atoms with Crippen molar-refractivity contribution < 1.29 is 9.53 Å². The van der Waals surface area contributed by atoms with E-state index in [-0.39, 0.29) is 5.91 Å². The van der Waals surface area contributed by atoms with Crippen LogP contribution in [-0.2, 0) is 11.5 Å². The van der Waals surface area contributed by atoms with E-state index in [9.17, 15) is 4.79 Å². The molecule has 3 aromatic rings. The summed E-state index contributed by atoms with van der Waals surface area (Å²) < 4.78 is 6.96. The van der Waals surface area contributed by atoms with Gasteiger partial charge in [0.15, 0.2) is 0 Å². The van der Waals surface area contributed by atoms with Crippen LogP contribution in [0.25, 0.3) is 5.69 Å². The van der Waals surface area contributed by atoms with Crippen LogP contribution in [0.1, 0.15) is 21.6 Å². The number of anilines is 1. The largest absolute Gasteiger partial charge is 0.497 e. The third-order valence-electron chi connectivity index (χ3n) is 4.27. The lowest BCUT2D eigenvalue weighted by atomic mass is 10.2. The predicted molar refractivity (Wildman–Crippen MR) is 110 cm³/mol. The van der Waals surface area contributed by atoms with Gasteiger partial charge in [0.05, 0.1) is 29.1 Å². The second kappa shape index (κ2) is 7.46. The van der Waals surface area contributed by atoms with E-state index in [1.807, 2.05) is 24.3 Å². The molecule has 1 N–H and O–H groups in total. The van der Waals surface area contributed by atoms with Crippen LogP contribution in [-0.4, -0.2) is 22.8 Å². The highest BCUT2D eigenvalue weighted by Gasteiger charge is 2.25. The van der Waals surface area contributed by atoms with Crippen LogP contribution < -0.4 is 10.1 Å². The summed E-state index contributed by atoms with van der Waals surface area (Å²) in [4.78, 5) is 12.8. The highest BCUT2D eigenvalue weighted by Crippen LogP contribution is 2.36. The fraction of sp³-hybridized carbons (Fsp3) is 0.158. The topological polar surface area (TPSA) is 56.1 Å². The van der Waals surface area contributed by atoms with Crippen molar-refractivity contribution in [2.45, 2.75) is 11.5 Å². The molecular formula is C19H15Cl2N3O2S. The minimum atomic E-state index is -0.322. The van der Waals surface area contributed by atoms with Gasteiger partial charge in [0.25, 0.3) is 5.91 Å². The van der Waals surface area contributed by atoms with Gasteiger partial charge in [-0.1, -0.05) is 23.2 Å². The zero-order chi connectivity index (χ0) is 19.0. The van der Waals surface area contributed by atoms with Gasteiger partial charge in [0, 0.05) is 22.1 Å². The van der Waals surface area contributed by atoms with Gasteiger partial charge in [-0.2, -0.15) is 16.9 Å². The molecule has 4 rings (SSSR count). The van der Waals surface area contributed by atoms with E-state index in [1.54, 1.807) is 41.8 Å². The molecule has 0 aliphatic carbocycles. The van der Waals surface area contributed by atoms with Crippen LogP contribution in [0, 0.1) is 0 Å². The predicted octanol–water partition coefficient (Wildman–Crippen LogP) is 5.19. The van der Waals surface area contributed by atoms with Crippen LogP contribution in [0.3, 0.4) is 0 Å². The Morgan fingerprint density at radius 2 is 1.96 bits per heavy atom. The lowest BCUT2D eigenvalue weighted by Gasteiger charge is -2.12. The van der Waals surface area contributed by atoms with Gasteiger partial charge >= 0.3 is 0 Å². The van der Waals surface area contributed by atoms with Crippen molar-refractivity contribution in [2.75, 3.05) is 12.4 Å². The number of thioether (sulfide) groups is 1. The molecule has 0 atom stereocenters. The van der Waals surface area contributed by atoms with Crippen LogP contribution in [0.5, 0.6) is 5.75 Å². The number of hydrogen-bond acceptors (Lipinski definition) is 4. The van der Waals surface area contributed by atoms with E-state index >= 15 is 0 Å². The molecule has 0 saturated heterocycles. The molecule has 0 fully saturated rings. The summed E-state index contributed by atoms with van der Waals surface area (Å²) in [5.74, 6) is 2.70. The molecule has 0 radical (unpaired) electrons. The monoisotopic (exact) mass is 419 g/mol. The number of hydrogen-bond donors (Lipinski definition) is 1. The summed E-state index contributed by atoms with van der Waals surface area (Å²) >= 11 is 14.0. The maximum atomic E-state index is 12.8. The number of amides is 1. The van der Waals surface area contributed by atoms with E-state index < -0.39 is 0 Å². The molecular weight excluding hydrogens is 405 g/mol. The van der Waals surface area contributed by atoms with Crippen molar-refractivity contribution in [3.05, 3.63) is 69.3 Å². The van der Waals surface area contributed by atoms with Crippen LogP contribution in [0.15, 0.2) is 42.5 Å². The molecule has 138 valence electrons. The Kier molecular flexibility index (Phi) is 5.04. The van der Waals surface area contributed by atoms with Crippen molar-refractivity contribution in [2.24, 2.45) is 0 Å². The second-order valence-corrected chi connectivity index (χ2v) is 7.78. The average molecular weight is 420 g/mol. The fourth-order valence-corrected chi connectivity index (χ4v) is 4.31. The van der Waals surface area contributed by atoms with E-state index in [1.165, 1.54) is 0 Å². The Balaban J connectivity index is 1.73. The molecule has 0 saturated carbocycles. The summed E-state index contributed by atoms with van der Waals surface area (Å²) in [6.07, 6.45) is 0. The Morgan fingerprint density at radius 3 is 2.70 bits per heavy atom. The summed E-state index contributed by atoms with van der Waals surface area (Å²) in [5, 5.41) is 8.46. The molecule has 0 bridgehead atoms. The highest BCUT2D eigenvalue weighted by atomic mass is 35.5. The highest BCUT2D eigenvalue weighted by molar-refractivity contribution is 7.98. The van der Waals surface area contributed by atoms with Crippen molar-refractivity contribution in [3.8, 4) is 11.4 Å². The summed E-state index contributed by atoms with van der Waals surface area (Å²) in [6, 6.07) is 12.3. The minimum Gasteiger partial charge on any atom is -0.497 e. The first kappa shape index (κ1) is 18.2. The van der Waals surface area contributed by atoms with Crippen LogP contribution in [0.2, 0.25) is 10.0 Å². The lowest BCUT2D eigenvalue weighted by Crippen LogP contribution is -2.16. The smallest absolute Gasteiger partial charge is 0.258 e. The number of nitrogens with zero attached hydrogens (tertiary/aromatic N) is 2. The number of fused-ring (bicyclic) bond motifs is 1. The Hall–Kier alpha value is -2.15. The summed E-state index contributed by atoms with van der Waals surface area (Å²) in [5.41, 5.74) is 3.17. The molecule has 27 heavy (non-hydrogen) atoms. The second-order valence-electron chi connectivity index (χ2n) is 5.95. The van der Waals surface area contributed by atoms with Gasteiger partial charge in [-0.15, -0.1) is 0 Å². The molecule has 1 aliphatic heterocycles. The first-order chi connectivity index (χ1) is 13.1. The molecule has 0 unspecified atom stereocenters. The summed E-state index contributed by atoms with van der Waals surface area (Å²) in [7, 11) is 1.62. The Bertz CT molecular complexity index is 1020. The number of methoxy groups -OCH3 is 1. The maximum Gasteiger partial charge on any atom is 0.258 e. The van der Waals surface area contributed by atoms with Crippen LogP contribution in [0.4, 0.5) is 5.82 Å². The van der Waals surface area contributed by atoms with Crippen molar-refractivity contribution >= 4 is 46.7 Å². The van der Waals surface area contributed by atoms with Gasteiger partial charge in [-0.05, 0) is 42.5 Å². The zero-order valence-corrected chi connectivity index (χ0v) is 16.7. The normalized spacial score (nSPS) is 12.7. The SMILES string of the molecule is COc1ccc(-n2nc3c(c2NC(=O)c2cc(Cl)ccc2Cl)CSC3)cc1. The first-order valence-electron chi connectivity index (χ1n) is 8.16. The molecule has 1 aliphatic rings. The molecule has 1 aromatic heterocycles. The van der Waals surface area contributed by atoms with Crippen molar-refractivity contribution in [1.29, 1.82) is 0 Å². The number of halogens is 2. The van der Waals surface area contributed by atoms with E-state index in [4.69, 9.17) is 27.9 Å². The zero-order valence-electron chi connectivity index (χ0n) is 14.3. The third-order valence-corrected chi connectivity index (χ3v) is 5.81. The van der Waals surface area contributed by atoms with Crippen LogP contribution >= 0.6 is 35.0 Å². The number of benzene rings is 2. The van der Waals surface area contributed by atoms with Crippen molar-refractivity contribution in [3.63, 3.8) is 0 Å². The minimum absolute atomic E-state index is 0.322. The molecule has 8 heteroatoms. The Morgan fingerprint density at radius 1 is 1.19 bits per heavy atom. The number of nitrogens with one attached hydrogen (secondary N) is 1. The number of carbonyl (C=O) groups is 1. The van der Waals surface area contributed by atoms with E-state index in [0.717, 1.165) is 34.2 Å². The summed E-state index contributed by atoms with van der Waals surface area (Å²) in [6.45, 7) is 0. The number of aromatic nitrogens is 2. The van der Waals surface area contributed by atoms with Gasteiger partial charge in [0.1, 0.15) is 11.6 Å². The Labute approximate surface area is 170 Å². The quantitative estimate of drug-likeness (QED) is 0.632. The van der Waals surface area contributed by atoms with Gasteiger partial charge in [-0.25, -0.2) is 4.68 Å². The number of carbonyl (C=O) groups excluding carboxylic acids is 1. The third kappa shape index (κ3) is 3.52. The maximum absolute atomic E-state index is 12.8. The van der Waals surface area contributed by atoms with E-state index in [2.05, 4.69) is 10.4 Å².